The average molecular weight is 232 g/mol. The summed E-state index contributed by atoms with van der Waals surface area (Å²) < 4.78 is 13.6. The van der Waals surface area contributed by atoms with Crippen molar-refractivity contribution in [2.75, 3.05) is 11.1 Å². The summed E-state index contributed by atoms with van der Waals surface area (Å²) in [5.74, 6) is 0.361. The molecule has 0 aliphatic rings. The van der Waals surface area contributed by atoms with Gasteiger partial charge in [0, 0.05) is 11.8 Å². The number of aromatic nitrogens is 2. The highest BCUT2D eigenvalue weighted by molar-refractivity contribution is 5.63. The molecule has 2 rings (SSSR count). The Labute approximate surface area is 98.7 Å². The van der Waals surface area contributed by atoms with Crippen molar-refractivity contribution < 1.29 is 4.39 Å². The first-order valence-corrected chi connectivity index (χ1v) is 5.19. The lowest BCUT2D eigenvalue weighted by Crippen LogP contribution is -2.04. The molecule has 1 heterocycles. The minimum absolute atomic E-state index is 0.159. The maximum Gasteiger partial charge on any atom is 0.221 e. The molecule has 88 valence electrons. The first-order chi connectivity index (χ1) is 8.08. The Bertz CT molecular complexity index is 534. The third kappa shape index (κ3) is 2.33. The van der Waals surface area contributed by atoms with Gasteiger partial charge in [0.2, 0.25) is 5.95 Å². The summed E-state index contributed by atoms with van der Waals surface area (Å²) in [6.45, 7) is 3.66. The summed E-state index contributed by atoms with van der Waals surface area (Å²) in [6.07, 6.45) is 1.60. The summed E-state index contributed by atoms with van der Waals surface area (Å²) in [5.41, 5.74) is 7.53. The van der Waals surface area contributed by atoms with Crippen molar-refractivity contribution >= 4 is 17.5 Å². The highest BCUT2D eigenvalue weighted by atomic mass is 19.1. The van der Waals surface area contributed by atoms with E-state index in [9.17, 15) is 4.39 Å². The number of nitrogens with one attached hydrogen (secondary N) is 1. The van der Waals surface area contributed by atoms with Gasteiger partial charge in [-0.3, -0.25) is 0 Å². The third-order valence-electron chi connectivity index (χ3n) is 2.46. The maximum absolute atomic E-state index is 13.6. The zero-order valence-corrected chi connectivity index (χ0v) is 9.66. The fourth-order valence-electron chi connectivity index (χ4n) is 1.49. The molecule has 1 aromatic heterocycles. The van der Waals surface area contributed by atoms with Crippen LogP contribution in [0, 0.1) is 19.7 Å². The Morgan fingerprint density at radius 1 is 1.24 bits per heavy atom. The van der Waals surface area contributed by atoms with Crippen LogP contribution < -0.4 is 11.1 Å². The van der Waals surface area contributed by atoms with Gasteiger partial charge >= 0.3 is 0 Å². The first kappa shape index (κ1) is 11.3. The molecule has 0 radical (unpaired) electrons. The molecule has 3 N–H and O–H groups in total. The van der Waals surface area contributed by atoms with Crippen LogP contribution in [0.15, 0.2) is 24.4 Å². The monoisotopic (exact) mass is 232 g/mol. The second-order valence-electron chi connectivity index (χ2n) is 3.82. The molecule has 0 aliphatic carbocycles. The number of hydrogen-bond donors (Lipinski definition) is 2. The molecule has 0 amide bonds. The maximum atomic E-state index is 13.6. The van der Waals surface area contributed by atoms with Crippen LogP contribution >= 0.6 is 0 Å². The number of para-hydroxylation sites is 1. The van der Waals surface area contributed by atoms with E-state index < -0.39 is 0 Å². The molecule has 5 heteroatoms. The van der Waals surface area contributed by atoms with E-state index in [4.69, 9.17) is 5.73 Å². The molecule has 0 atom stereocenters. The third-order valence-corrected chi connectivity index (χ3v) is 2.46. The van der Waals surface area contributed by atoms with Gasteiger partial charge in [-0.25, -0.2) is 9.37 Å². The highest BCUT2D eigenvalue weighted by Gasteiger charge is 2.08. The molecular formula is C12H13FN4. The Kier molecular flexibility index (Phi) is 2.91. The largest absolute Gasteiger partial charge is 0.368 e. The number of aryl methyl sites for hydroxylation is 2. The van der Waals surface area contributed by atoms with E-state index in [1.807, 2.05) is 19.9 Å². The lowest BCUT2D eigenvalue weighted by Gasteiger charge is -2.11. The summed E-state index contributed by atoms with van der Waals surface area (Å²) in [6, 6.07) is 4.89. The summed E-state index contributed by atoms with van der Waals surface area (Å²) in [7, 11) is 0. The number of halogens is 1. The van der Waals surface area contributed by atoms with E-state index in [1.165, 1.54) is 6.07 Å². The van der Waals surface area contributed by atoms with E-state index in [0.29, 0.717) is 11.5 Å². The van der Waals surface area contributed by atoms with E-state index in [-0.39, 0.29) is 11.8 Å². The van der Waals surface area contributed by atoms with Crippen molar-refractivity contribution in [2.45, 2.75) is 13.8 Å². The fraction of sp³-hybridized carbons (Fsp3) is 0.167. The number of benzene rings is 1. The van der Waals surface area contributed by atoms with Crippen LogP contribution in [-0.4, -0.2) is 9.97 Å². The van der Waals surface area contributed by atoms with Crippen molar-refractivity contribution in [3.63, 3.8) is 0 Å². The van der Waals surface area contributed by atoms with E-state index >= 15 is 0 Å². The number of nitrogens with zero attached hydrogens (tertiary/aromatic N) is 2. The standard InChI is InChI=1S/C12H13FN4/c1-7-4-3-5-9(13)10(7)16-11-8(2)6-15-12(14)17-11/h3-6H,1-2H3,(H3,14,15,16,17). The molecule has 0 spiro atoms. The smallest absolute Gasteiger partial charge is 0.221 e. The SMILES string of the molecule is Cc1cnc(N)nc1Nc1c(C)cccc1F. The van der Waals surface area contributed by atoms with Crippen molar-refractivity contribution in [2.24, 2.45) is 0 Å². The Morgan fingerprint density at radius 2 is 2.00 bits per heavy atom. The van der Waals surface area contributed by atoms with Crippen molar-refractivity contribution in [3.05, 3.63) is 41.3 Å². The minimum atomic E-state index is -0.318. The average Bonchev–Trinajstić information content (AvgIpc) is 2.28. The van der Waals surface area contributed by atoms with Gasteiger partial charge < -0.3 is 11.1 Å². The predicted molar refractivity (Wildman–Crippen MR) is 65.6 cm³/mol. The van der Waals surface area contributed by atoms with Crippen LogP contribution in [0.25, 0.3) is 0 Å². The number of hydrogen-bond acceptors (Lipinski definition) is 4. The normalized spacial score (nSPS) is 10.3. The minimum Gasteiger partial charge on any atom is -0.368 e. The molecule has 0 aliphatic heterocycles. The van der Waals surface area contributed by atoms with E-state index in [2.05, 4.69) is 15.3 Å². The topological polar surface area (TPSA) is 63.8 Å². The van der Waals surface area contributed by atoms with Crippen LogP contribution in [0.5, 0.6) is 0 Å². The predicted octanol–water partition coefficient (Wildman–Crippen LogP) is 2.56. The summed E-state index contributed by atoms with van der Waals surface area (Å²) in [4.78, 5) is 7.90. The number of nitrogen functional groups attached to an aromatic ring is 1. The zero-order chi connectivity index (χ0) is 12.4. The lowest BCUT2D eigenvalue weighted by molar-refractivity contribution is 0.630. The summed E-state index contributed by atoms with van der Waals surface area (Å²) in [5, 5.41) is 2.94. The number of anilines is 3. The molecule has 0 bridgehead atoms. The number of rotatable bonds is 2. The summed E-state index contributed by atoms with van der Waals surface area (Å²) >= 11 is 0. The Balaban J connectivity index is 2.41. The molecule has 1 aromatic carbocycles. The van der Waals surface area contributed by atoms with Crippen LogP contribution in [0.1, 0.15) is 11.1 Å². The quantitative estimate of drug-likeness (QED) is 0.835. The van der Waals surface area contributed by atoms with Gasteiger partial charge in [-0.05, 0) is 25.5 Å². The van der Waals surface area contributed by atoms with Crippen LogP contribution in [0.2, 0.25) is 0 Å². The molecular weight excluding hydrogens is 219 g/mol. The van der Waals surface area contributed by atoms with Gasteiger partial charge in [-0.1, -0.05) is 12.1 Å². The Hall–Kier alpha value is -2.17. The second kappa shape index (κ2) is 4.37. The second-order valence-corrected chi connectivity index (χ2v) is 3.82. The molecule has 4 nitrogen and oxygen atoms in total. The van der Waals surface area contributed by atoms with Gasteiger partial charge in [-0.15, -0.1) is 0 Å². The zero-order valence-electron chi connectivity index (χ0n) is 9.66. The molecule has 0 saturated heterocycles. The molecule has 2 aromatic rings. The van der Waals surface area contributed by atoms with E-state index in [0.717, 1.165) is 11.1 Å². The highest BCUT2D eigenvalue weighted by Crippen LogP contribution is 2.24. The molecule has 17 heavy (non-hydrogen) atoms. The van der Waals surface area contributed by atoms with Gasteiger partial charge in [-0.2, -0.15) is 4.98 Å². The van der Waals surface area contributed by atoms with Crippen LogP contribution in [-0.2, 0) is 0 Å². The first-order valence-electron chi connectivity index (χ1n) is 5.19. The van der Waals surface area contributed by atoms with E-state index in [1.54, 1.807) is 12.3 Å². The Morgan fingerprint density at radius 3 is 2.71 bits per heavy atom. The van der Waals surface area contributed by atoms with Crippen molar-refractivity contribution in [1.82, 2.24) is 9.97 Å². The molecule has 0 fully saturated rings. The number of nitrogens with two attached hydrogens (primary N) is 1. The van der Waals surface area contributed by atoms with Gasteiger partial charge in [0.25, 0.3) is 0 Å². The van der Waals surface area contributed by atoms with Crippen LogP contribution in [0.4, 0.5) is 21.8 Å². The van der Waals surface area contributed by atoms with Crippen molar-refractivity contribution in [3.8, 4) is 0 Å². The van der Waals surface area contributed by atoms with Gasteiger partial charge in [0.15, 0.2) is 0 Å². The van der Waals surface area contributed by atoms with Crippen molar-refractivity contribution in [1.29, 1.82) is 0 Å². The lowest BCUT2D eigenvalue weighted by atomic mass is 10.2. The van der Waals surface area contributed by atoms with Gasteiger partial charge in [0.05, 0.1) is 5.69 Å². The molecule has 0 unspecified atom stereocenters. The van der Waals surface area contributed by atoms with Gasteiger partial charge in [0.1, 0.15) is 11.6 Å². The van der Waals surface area contributed by atoms with Crippen LogP contribution in [0.3, 0.4) is 0 Å². The molecule has 0 saturated carbocycles. The fourth-order valence-corrected chi connectivity index (χ4v) is 1.49.